The molecule has 0 aliphatic heterocycles. The fourth-order valence-electron chi connectivity index (χ4n) is 3.41. The summed E-state index contributed by atoms with van der Waals surface area (Å²) in [5.41, 5.74) is 1.31. The number of amides is 3. The van der Waals surface area contributed by atoms with Crippen LogP contribution < -0.4 is 15.4 Å². The molecular weight excluding hydrogens is 436 g/mol. The standard InChI is InChI=1S/C22H26N2O5S2/c1-13-4-9-16-17(12-13)31-21(19(16)20(26)24-22(27)29-3)23-18(25)10-11-30-15-7-5-14(28-2)6-8-15/h5-8,13H,4,9-12H2,1-3H3,(H,23,25)(H,24,26,27). The van der Waals surface area contributed by atoms with Crippen LogP contribution in [0, 0.1) is 5.92 Å². The number of fused-ring (bicyclic) bond motifs is 1. The van der Waals surface area contributed by atoms with Gasteiger partial charge >= 0.3 is 6.09 Å². The highest BCUT2D eigenvalue weighted by Gasteiger charge is 2.29. The third-order valence-corrected chi connectivity index (χ3v) is 7.23. The first-order chi connectivity index (χ1) is 14.9. The number of carbonyl (C=O) groups is 3. The number of ether oxygens (including phenoxy) is 2. The predicted octanol–water partition coefficient (Wildman–Crippen LogP) is 4.50. The number of hydrogen-bond acceptors (Lipinski definition) is 7. The van der Waals surface area contributed by atoms with Crippen molar-refractivity contribution >= 4 is 46.0 Å². The molecule has 2 aromatic rings. The SMILES string of the molecule is COC(=O)NC(=O)c1c(NC(=O)CCSc2ccc(OC)cc2)sc2c1CCC(C)C2. The summed E-state index contributed by atoms with van der Waals surface area (Å²) in [7, 11) is 2.83. The highest BCUT2D eigenvalue weighted by Crippen LogP contribution is 2.39. The van der Waals surface area contributed by atoms with Crippen molar-refractivity contribution in [3.63, 3.8) is 0 Å². The van der Waals surface area contributed by atoms with Crippen LogP contribution in [-0.4, -0.2) is 37.9 Å². The lowest BCUT2D eigenvalue weighted by atomic mass is 9.88. The third kappa shape index (κ3) is 6.01. The van der Waals surface area contributed by atoms with Crippen molar-refractivity contribution < 1.29 is 23.9 Å². The summed E-state index contributed by atoms with van der Waals surface area (Å²) in [4.78, 5) is 39.0. The van der Waals surface area contributed by atoms with E-state index in [1.165, 1.54) is 18.4 Å². The monoisotopic (exact) mass is 462 g/mol. The van der Waals surface area contributed by atoms with Crippen LogP contribution in [0.2, 0.25) is 0 Å². The fraction of sp³-hybridized carbons (Fsp3) is 0.409. The van der Waals surface area contributed by atoms with E-state index in [4.69, 9.17) is 4.74 Å². The van der Waals surface area contributed by atoms with Gasteiger partial charge in [-0.05, 0) is 55.0 Å². The lowest BCUT2D eigenvalue weighted by molar-refractivity contribution is -0.115. The van der Waals surface area contributed by atoms with E-state index in [-0.39, 0.29) is 5.91 Å². The van der Waals surface area contributed by atoms with Gasteiger partial charge in [0.05, 0.1) is 19.8 Å². The van der Waals surface area contributed by atoms with Gasteiger partial charge < -0.3 is 14.8 Å². The lowest BCUT2D eigenvalue weighted by Gasteiger charge is -2.18. The molecule has 1 aliphatic carbocycles. The molecule has 1 aliphatic rings. The zero-order valence-electron chi connectivity index (χ0n) is 17.8. The van der Waals surface area contributed by atoms with Crippen molar-refractivity contribution in [3.8, 4) is 5.75 Å². The first kappa shape index (κ1) is 23.1. The molecule has 1 atom stereocenters. The maximum absolute atomic E-state index is 12.7. The van der Waals surface area contributed by atoms with Crippen LogP contribution in [0.4, 0.5) is 9.80 Å². The summed E-state index contributed by atoms with van der Waals surface area (Å²) in [6.45, 7) is 2.17. The second-order valence-corrected chi connectivity index (χ2v) is 9.60. The Hall–Kier alpha value is -2.52. The summed E-state index contributed by atoms with van der Waals surface area (Å²) in [5, 5.41) is 5.61. The average molecular weight is 463 g/mol. The number of thiophene rings is 1. The van der Waals surface area contributed by atoms with Crippen LogP contribution in [0.1, 0.15) is 40.6 Å². The van der Waals surface area contributed by atoms with Crippen molar-refractivity contribution in [3.05, 3.63) is 40.3 Å². The van der Waals surface area contributed by atoms with E-state index in [0.29, 0.717) is 28.7 Å². The Bertz CT molecular complexity index is 956. The van der Waals surface area contributed by atoms with Gasteiger partial charge in [-0.25, -0.2) is 4.79 Å². The van der Waals surface area contributed by atoms with Gasteiger partial charge in [-0.3, -0.25) is 14.9 Å². The molecule has 31 heavy (non-hydrogen) atoms. The molecule has 166 valence electrons. The average Bonchev–Trinajstić information content (AvgIpc) is 3.10. The largest absolute Gasteiger partial charge is 0.497 e. The fourth-order valence-corrected chi connectivity index (χ4v) is 5.68. The summed E-state index contributed by atoms with van der Waals surface area (Å²) < 4.78 is 9.69. The highest BCUT2D eigenvalue weighted by molar-refractivity contribution is 7.99. The molecule has 3 amide bonds. The number of thioether (sulfide) groups is 1. The van der Waals surface area contributed by atoms with Crippen molar-refractivity contribution in [1.29, 1.82) is 0 Å². The lowest BCUT2D eigenvalue weighted by Crippen LogP contribution is -2.31. The molecule has 0 radical (unpaired) electrons. The topological polar surface area (TPSA) is 93.7 Å². The van der Waals surface area contributed by atoms with Crippen LogP contribution >= 0.6 is 23.1 Å². The zero-order chi connectivity index (χ0) is 22.4. The van der Waals surface area contributed by atoms with E-state index in [2.05, 4.69) is 22.3 Å². The van der Waals surface area contributed by atoms with Gasteiger partial charge in [0.2, 0.25) is 5.91 Å². The van der Waals surface area contributed by atoms with E-state index in [0.717, 1.165) is 40.3 Å². The molecule has 1 aromatic heterocycles. The number of rotatable bonds is 7. The Balaban J connectivity index is 1.66. The Kier molecular flexibility index (Phi) is 7.97. The smallest absolute Gasteiger partial charge is 0.413 e. The zero-order valence-corrected chi connectivity index (χ0v) is 19.4. The van der Waals surface area contributed by atoms with Crippen LogP contribution in [0.3, 0.4) is 0 Å². The molecule has 1 unspecified atom stereocenters. The molecule has 3 rings (SSSR count). The number of imide groups is 1. The predicted molar refractivity (Wildman–Crippen MR) is 122 cm³/mol. The van der Waals surface area contributed by atoms with Gasteiger partial charge in [-0.1, -0.05) is 6.92 Å². The molecule has 7 nitrogen and oxygen atoms in total. The highest BCUT2D eigenvalue weighted by atomic mass is 32.2. The van der Waals surface area contributed by atoms with E-state index < -0.39 is 12.0 Å². The van der Waals surface area contributed by atoms with Crippen molar-refractivity contribution in [2.45, 2.75) is 37.5 Å². The molecule has 1 heterocycles. The normalized spacial score (nSPS) is 15.0. The number of alkyl carbamates (subject to hydrolysis) is 1. The maximum Gasteiger partial charge on any atom is 0.413 e. The number of hydrogen-bond donors (Lipinski definition) is 2. The van der Waals surface area contributed by atoms with E-state index in [9.17, 15) is 14.4 Å². The van der Waals surface area contributed by atoms with Crippen LogP contribution in [0.25, 0.3) is 0 Å². The van der Waals surface area contributed by atoms with E-state index in [1.54, 1.807) is 18.9 Å². The number of nitrogens with one attached hydrogen (secondary N) is 2. The van der Waals surface area contributed by atoms with Gasteiger partial charge in [0.25, 0.3) is 5.91 Å². The molecule has 0 saturated carbocycles. The quantitative estimate of drug-likeness (QED) is 0.589. The second kappa shape index (κ2) is 10.7. The van der Waals surface area contributed by atoms with Crippen molar-refractivity contribution in [2.75, 3.05) is 25.3 Å². The summed E-state index contributed by atoms with van der Waals surface area (Å²) in [5.74, 6) is 1.20. The first-order valence-electron chi connectivity index (χ1n) is 10.0. The molecular formula is C22H26N2O5S2. The first-order valence-corrected chi connectivity index (χ1v) is 11.8. The van der Waals surface area contributed by atoms with E-state index >= 15 is 0 Å². The van der Waals surface area contributed by atoms with Gasteiger partial charge in [-0.15, -0.1) is 23.1 Å². The maximum atomic E-state index is 12.7. The van der Waals surface area contributed by atoms with E-state index in [1.807, 2.05) is 24.3 Å². The number of carbonyl (C=O) groups excluding carboxylic acids is 3. The van der Waals surface area contributed by atoms with Crippen LogP contribution in [0.15, 0.2) is 29.2 Å². The molecule has 0 bridgehead atoms. The molecule has 0 spiro atoms. The number of anilines is 1. The summed E-state index contributed by atoms with van der Waals surface area (Å²) in [6.07, 6.45) is 2.06. The van der Waals surface area contributed by atoms with Gasteiger partial charge in [-0.2, -0.15) is 0 Å². The number of benzene rings is 1. The summed E-state index contributed by atoms with van der Waals surface area (Å²) >= 11 is 3.00. The van der Waals surface area contributed by atoms with Crippen LogP contribution in [-0.2, 0) is 22.4 Å². The van der Waals surface area contributed by atoms with Crippen molar-refractivity contribution in [2.24, 2.45) is 5.92 Å². The Morgan fingerprint density at radius 1 is 1.19 bits per heavy atom. The summed E-state index contributed by atoms with van der Waals surface area (Å²) in [6, 6.07) is 7.66. The molecule has 2 N–H and O–H groups in total. The third-order valence-electron chi connectivity index (χ3n) is 5.05. The van der Waals surface area contributed by atoms with Gasteiger partial charge in [0.15, 0.2) is 0 Å². The van der Waals surface area contributed by atoms with Gasteiger partial charge in [0.1, 0.15) is 10.8 Å². The minimum atomic E-state index is -0.817. The Labute approximate surface area is 189 Å². The van der Waals surface area contributed by atoms with Crippen molar-refractivity contribution in [1.82, 2.24) is 5.32 Å². The Morgan fingerprint density at radius 3 is 2.61 bits per heavy atom. The minimum absolute atomic E-state index is 0.167. The van der Waals surface area contributed by atoms with Crippen LogP contribution in [0.5, 0.6) is 5.75 Å². The molecule has 0 saturated heterocycles. The minimum Gasteiger partial charge on any atom is -0.497 e. The number of methoxy groups -OCH3 is 2. The second-order valence-electron chi connectivity index (χ2n) is 7.32. The molecule has 9 heteroatoms. The Morgan fingerprint density at radius 2 is 1.94 bits per heavy atom. The molecule has 0 fully saturated rings. The molecule has 1 aromatic carbocycles. The van der Waals surface area contributed by atoms with Gasteiger partial charge in [0, 0.05) is 21.9 Å².